The van der Waals surface area contributed by atoms with Crippen LogP contribution in [0.2, 0.25) is 0 Å². The maximum atomic E-state index is 12.6. The lowest BCUT2D eigenvalue weighted by Gasteiger charge is -2.23. The quantitative estimate of drug-likeness (QED) is 0.857. The van der Waals surface area contributed by atoms with E-state index in [1.54, 1.807) is 17.3 Å². The lowest BCUT2D eigenvalue weighted by molar-refractivity contribution is 0.0933. The first kappa shape index (κ1) is 18.0. The summed E-state index contributed by atoms with van der Waals surface area (Å²) in [5.74, 6) is 1.85. The third-order valence-corrected chi connectivity index (χ3v) is 4.15. The van der Waals surface area contributed by atoms with Crippen LogP contribution in [0.15, 0.2) is 30.6 Å². The maximum Gasteiger partial charge on any atom is 0.254 e. The number of carbonyl (C=O) groups is 1. The van der Waals surface area contributed by atoms with Crippen molar-refractivity contribution in [1.29, 1.82) is 0 Å². The molecule has 1 aliphatic rings. The molecule has 0 aliphatic carbocycles. The van der Waals surface area contributed by atoms with Crippen LogP contribution >= 0.6 is 0 Å². The SMILES string of the molecule is CCCC(NC(=O)c1cnc(N(C)C)nc1)c1ccc2c(c1)OCCO2. The van der Waals surface area contributed by atoms with E-state index < -0.39 is 0 Å². The van der Waals surface area contributed by atoms with Crippen LogP contribution < -0.4 is 19.7 Å². The molecule has 0 saturated carbocycles. The summed E-state index contributed by atoms with van der Waals surface area (Å²) in [5.41, 5.74) is 1.43. The molecule has 1 aromatic heterocycles. The van der Waals surface area contributed by atoms with E-state index in [9.17, 15) is 4.79 Å². The van der Waals surface area contributed by atoms with Crippen molar-refractivity contribution in [3.63, 3.8) is 0 Å². The molecule has 1 amide bonds. The average molecular weight is 356 g/mol. The van der Waals surface area contributed by atoms with Crippen molar-refractivity contribution in [2.45, 2.75) is 25.8 Å². The predicted octanol–water partition coefficient (Wildman–Crippen LogP) is 2.59. The largest absolute Gasteiger partial charge is 0.486 e. The zero-order chi connectivity index (χ0) is 18.5. The highest BCUT2D eigenvalue weighted by Gasteiger charge is 2.19. The minimum Gasteiger partial charge on any atom is -0.486 e. The van der Waals surface area contributed by atoms with E-state index >= 15 is 0 Å². The summed E-state index contributed by atoms with van der Waals surface area (Å²) in [6.07, 6.45) is 4.85. The maximum absolute atomic E-state index is 12.6. The third-order valence-electron chi connectivity index (χ3n) is 4.15. The Morgan fingerprint density at radius 2 is 1.88 bits per heavy atom. The van der Waals surface area contributed by atoms with Gasteiger partial charge in [-0.2, -0.15) is 0 Å². The summed E-state index contributed by atoms with van der Waals surface area (Å²) in [6, 6.07) is 5.70. The number of hydrogen-bond acceptors (Lipinski definition) is 6. The Hall–Kier alpha value is -2.83. The van der Waals surface area contributed by atoms with Crippen LogP contribution in [0.5, 0.6) is 11.5 Å². The van der Waals surface area contributed by atoms with Gasteiger partial charge in [0, 0.05) is 26.5 Å². The van der Waals surface area contributed by atoms with Crippen molar-refractivity contribution in [3.05, 3.63) is 41.7 Å². The molecule has 138 valence electrons. The highest BCUT2D eigenvalue weighted by atomic mass is 16.6. The molecule has 1 aliphatic heterocycles. The van der Waals surface area contributed by atoms with E-state index in [4.69, 9.17) is 9.47 Å². The first-order valence-corrected chi connectivity index (χ1v) is 8.78. The number of nitrogens with one attached hydrogen (secondary N) is 1. The molecule has 2 heterocycles. The van der Waals surface area contributed by atoms with Gasteiger partial charge in [-0.15, -0.1) is 0 Å². The fraction of sp³-hybridized carbons (Fsp3) is 0.421. The first-order chi connectivity index (χ1) is 12.6. The van der Waals surface area contributed by atoms with Crippen molar-refractivity contribution in [2.24, 2.45) is 0 Å². The minimum atomic E-state index is -0.191. The highest BCUT2D eigenvalue weighted by Crippen LogP contribution is 2.33. The smallest absolute Gasteiger partial charge is 0.254 e. The Balaban J connectivity index is 1.76. The van der Waals surface area contributed by atoms with Crippen LogP contribution in [0.4, 0.5) is 5.95 Å². The molecule has 0 bridgehead atoms. The van der Waals surface area contributed by atoms with Gasteiger partial charge in [-0.25, -0.2) is 9.97 Å². The Kier molecular flexibility index (Phi) is 5.55. The van der Waals surface area contributed by atoms with E-state index in [0.717, 1.165) is 29.9 Å². The average Bonchev–Trinajstić information content (AvgIpc) is 2.67. The predicted molar refractivity (Wildman–Crippen MR) is 98.9 cm³/mol. The van der Waals surface area contributed by atoms with Gasteiger partial charge in [0.1, 0.15) is 13.2 Å². The molecule has 1 atom stereocenters. The number of ether oxygens (including phenoxy) is 2. The molecule has 0 spiro atoms. The molecule has 1 N–H and O–H groups in total. The Morgan fingerprint density at radius 1 is 1.19 bits per heavy atom. The summed E-state index contributed by atoms with van der Waals surface area (Å²) in [7, 11) is 3.71. The topological polar surface area (TPSA) is 76.6 Å². The lowest BCUT2D eigenvalue weighted by Crippen LogP contribution is -2.29. The van der Waals surface area contributed by atoms with Gasteiger partial charge in [-0.05, 0) is 24.1 Å². The van der Waals surface area contributed by atoms with Crippen molar-refractivity contribution < 1.29 is 14.3 Å². The molecule has 0 saturated heterocycles. The number of nitrogens with zero attached hydrogens (tertiary/aromatic N) is 3. The second-order valence-electron chi connectivity index (χ2n) is 6.38. The van der Waals surface area contributed by atoms with Crippen LogP contribution in [0.1, 0.15) is 41.7 Å². The van der Waals surface area contributed by atoms with Crippen LogP contribution in [-0.4, -0.2) is 43.2 Å². The number of rotatable bonds is 6. The van der Waals surface area contributed by atoms with Gasteiger partial charge in [0.25, 0.3) is 5.91 Å². The van der Waals surface area contributed by atoms with E-state index in [1.165, 1.54) is 0 Å². The fourth-order valence-electron chi connectivity index (χ4n) is 2.80. The Labute approximate surface area is 153 Å². The summed E-state index contributed by atoms with van der Waals surface area (Å²) >= 11 is 0. The first-order valence-electron chi connectivity index (χ1n) is 8.78. The molecule has 3 rings (SSSR count). The molecule has 7 nitrogen and oxygen atoms in total. The van der Waals surface area contributed by atoms with Gasteiger partial charge in [-0.1, -0.05) is 19.4 Å². The molecule has 1 unspecified atom stereocenters. The summed E-state index contributed by atoms with van der Waals surface area (Å²) in [4.78, 5) is 22.8. The van der Waals surface area contributed by atoms with Crippen LogP contribution in [0, 0.1) is 0 Å². The molecular formula is C19H24N4O3. The summed E-state index contributed by atoms with van der Waals surface area (Å²) in [5, 5.41) is 3.08. The number of carbonyl (C=O) groups excluding carboxylic acids is 1. The van der Waals surface area contributed by atoms with Crippen molar-refractivity contribution >= 4 is 11.9 Å². The van der Waals surface area contributed by atoms with Gasteiger partial charge >= 0.3 is 0 Å². The summed E-state index contributed by atoms with van der Waals surface area (Å²) in [6.45, 7) is 3.19. The number of aromatic nitrogens is 2. The number of anilines is 1. The molecule has 0 fully saturated rings. The van der Waals surface area contributed by atoms with Gasteiger partial charge in [-0.3, -0.25) is 4.79 Å². The van der Waals surface area contributed by atoms with Crippen molar-refractivity contribution in [3.8, 4) is 11.5 Å². The van der Waals surface area contributed by atoms with E-state index in [0.29, 0.717) is 24.7 Å². The molecule has 7 heteroatoms. The second-order valence-corrected chi connectivity index (χ2v) is 6.38. The normalized spacial score (nSPS) is 13.8. The van der Waals surface area contributed by atoms with Crippen LogP contribution in [-0.2, 0) is 0 Å². The number of amides is 1. The van der Waals surface area contributed by atoms with Gasteiger partial charge in [0.05, 0.1) is 11.6 Å². The van der Waals surface area contributed by atoms with Gasteiger partial charge in [0.15, 0.2) is 11.5 Å². The van der Waals surface area contributed by atoms with E-state index in [-0.39, 0.29) is 11.9 Å². The molecule has 2 aromatic rings. The van der Waals surface area contributed by atoms with Crippen molar-refractivity contribution in [2.75, 3.05) is 32.2 Å². The van der Waals surface area contributed by atoms with Crippen LogP contribution in [0.3, 0.4) is 0 Å². The molecular weight excluding hydrogens is 332 g/mol. The lowest BCUT2D eigenvalue weighted by atomic mass is 10.0. The molecule has 0 radical (unpaired) electrons. The molecule has 26 heavy (non-hydrogen) atoms. The van der Waals surface area contributed by atoms with Crippen LogP contribution in [0.25, 0.3) is 0 Å². The number of hydrogen-bond donors (Lipinski definition) is 1. The fourth-order valence-corrected chi connectivity index (χ4v) is 2.80. The van der Waals surface area contributed by atoms with Crippen molar-refractivity contribution in [1.82, 2.24) is 15.3 Å². The Morgan fingerprint density at radius 3 is 2.54 bits per heavy atom. The molecule has 1 aromatic carbocycles. The van der Waals surface area contributed by atoms with E-state index in [2.05, 4.69) is 22.2 Å². The monoisotopic (exact) mass is 356 g/mol. The zero-order valence-electron chi connectivity index (χ0n) is 15.4. The standard InChI is InChI=1S/C19H24N4O3/c1-4-5-15(13-6-7-16-17(10-13)26-9-8-25-16)22-18(24)14-11-20-19(21-12-14)23(2)3/h6-7,10-12,15H,4-5,8-9H2,1-3H3,(H,22,24). The third kappa shape index (κ3) is 4.04. The summed E-state index contributed by atoms with van der Waals surface area (Å²) < 4.78 is 11.2. The minimum absolute atomic E-state index is 0.114. The number of fused-ring (bicyclic) bond motifs is 1. The van der Waals surface area contributed by atoms with Gasteiger partial charge in [0.2, 0.25) is 5.95 Å². The number of benzene rings is 1. The van der Waals surface area contributed by atoms with Gasteiger partial charge < -0.3 is 19.7 Å². The second kappa shape index (κ2) is 8.03. The highest BCUT2D eigenvalue weighted by molar-refractivity contribution is 5.94. The Bertz CT molecular complexity index is 762. The van der Waals surface area contributed by atoms with E-state index in [1.807, 2.05) is 32.3 Å². The zero-order valence-corrected chi connectivity index (χ0v) is 15.4.